The molecular formula is C19H42O5Si3. The number of hydrogen-bond acceptors (Lipinski definition) is 5. The fourth-order valence-electron chi connectivity index (χ4n) is 3.32. The largest absolute Gasteiger partial charge is 0.477 e. The van der Waals surface area contributed by atoms with E-state index in [4.69, 9.17) is 13.0 Å². The minimum Gasteiger partial charge on any atom is -0.462 e. The summed E-state index contributed by atoms with van der Waals surface area (Å²) in [7, 11) is -7.34. The number of rotatable bonds is 15. The van der Waals surface area contributed by atoms with Gasteiger partial charge in [0.15, 0.2) is 16.6 Å². The van der Waals surface area contributed by atoms with Gasteiger partial charge in [-0.1, -0.05) is 48.1 Å². The predicted octanol–water partition coefficient (Wildman–Crippen LogP) is 5.47. The number of hydrogen-bond donors (Lipinski definition) is 1. The molecule has 0 saturated carbocycles. The molecule has 0 aliphatic carbocycles. The van der Waals surface area contributed by atoms with Crippen LogP contribution in [0.3, 0.4) is 0 Å². The van der Waals surface area contributed by atoms with Crippen molar-refractivity contribution < 1.29 is 22.6 Å². The SMILES string of the molecule is C=C(C)C(=O)OCCC[Si](O)(O[Si](CC)(CC)CC)O[Si](CC)(CC)CC. The summed E-state index contributed by atoms with van der Waals surface area (Å²) in [6.07, 6.45) is 0.547. The van der Waals surface area contributed by atoms with E-state index in [-0.39, 0.29) is 12.6 Å². The Labute approximate surface area is 170 Å². The zero-order valence-electron chi connectivity index (χ0n) is 18.7. The van der Waals surface area contributed by atoms with E-state index in [1.807, 2.05) is 0 Å². The van der Waals surface area contributed by atoms with Crippen LogP contribution in [-0.4, -0.2) is 42.8 Å². The quantitative estimate of drug-likeness (QED) is 0.160. The molecule has 1 N–H and O–H groups in total. The summed E-state index contributed by atoms with van der Waals surface area (Å²) in [6, 6.07) is 6.29. The summed E-state index contributed by atoms with van der Waals surface area (Å²) >= 11 is 0. The van der Waals surface area contributed by atoms with Crippen molar-refractivity contribution in [3.63, 3.8) is 0 Å². The molecule has 0 spiro atoms. The van der Waals surface area contributed by atoms with Crippen molar-refractivity contribution in [2.75, 3.05) is 6.61 Å². The summed E-state index contributed by atoms with van der Waals surface area (Å²) < 4.78 is 18.4. The smallest absolute Gasteiger partial charge is 0.462 e. The Kier molecular flexibility index (Phi) is 12.2. The third kappa shape index (κ3) is 8.33. The molecule has 0 fully saturated rings. The second-order valence-electron chi connectivity index (χ2n) is 7.42. The molecule has 0 heterocycles. The highest BCUT2D eigenvalue weighted by Gasteiger charge is 2.49. The van der Waals surface area contributed by atoms with Crippen LogP contribution in [-0.2, 0) is 17.8 Å². The molecule has 0 aromatic carbocycles. The van der Waals surface area contributed by atoms with Crippen molar-refractivity contribution in [2.45, 2.75) is 97.2 Å². The lowest BCUT2D eigenvalue weighted by Crippen LogP contribution is -2.58. The maximum atomic E-state index is 11.6. The van der Waals surface area contributed by atoms with Gasteiger partial charge in [0.25, 0.3) is 0 Å². The van der Waals surface area contributed by atoms with Gasteiger partial charge in [0.2, 0.25) is 0 Å². The lowest BCUT2D eigenvalue weighted by molar-refractivity contribution is -0.139. The number of carbonyl (C=O) groups is 1. The van der Waals surface area contributed by atoms with Crippen LogP contribution in [0.5, 0.6) is 0 Å². The minimum absolute atomic E-state index is 0.256. The summed E-state index contributed by atoms with van der Waals surface area (Å²) in [4.78, 5) is 23.1. The Hall–Kier alpha value is -0.259. The maximum Gasteiger partial charge on any atom is 0.477 e. The van der Waals surface area contributed by atoms with Crippen LogP contribution >= 0.6 is 0 Å². The van der Waals surface area contributed by atoms with Gasteiger partial charge in [-0.15, -0.1) is 0 Å². The van der Waals surface area contributed by atoms with Gasteiger partial charge >= 0.3 is 14.8 Å². The second-order valence-corrected chi connectivity index (χ2v) is 20.0. The first-order valence-electron chi connectivity index (χ1n) is 10.6. The molecule has 0 unspecified atom stereocenters. The molecule has 0 rings (SSSR count). The van der Waals surface area contributed by atoms with Crippen LogP contribution in [0.15, 0.2) is 12.2 Å². The van der Waals surface area contributed by atoms with Crippen LogP contribution in [0.1, 0.15) is 54.9 Å². The van der Waals surface area contributed by atoms with Gasteiger partial charge in [-0.05, 0) is 49.6 Å². The third-order valence-corrected chi connectivity index (χ3v) is 20.6. The molecule has 0 radical (unpaired) electrons. The van der Waals surface area contributed by atoms with E-state index in [9.17, 15) is 9.59 Å². The Morgan fingerprint density at radius 3 is 1.52 bits per heavy atom. The van der Waals surface area contributed by atoms with E-state index in [0.717, 1.165) is 36.3 Å². The molecule has 0 amide bonds. The van der Waals surface area contributed by atoms with E-state index in [1.165, 1.54) is 0 Å². The van der Waals surface area contributed by atoms with Gasteiger partial charge in [0, 0.05) is 11.6 Å². The maximum absolute atomic E-state index is 11.6. The molecule has 5 nitrogen and oxygen atoms in total. The molecular weight excluding hydrogens is 392 g/mol. The summed E-state index contributed by atoms with van der Waals surface area (Å²) in [5, 5.41) is 0. The normalized spacial score (nSPS) is 12.9. The number of ether oxygens (including phenoxy) is 1. The number of esters is 1. The second kappa shape index (κ2) is 12.3. The minimum atomic E-state index is -3.34. The highest BCUT2D eigenvalue weighted by atomic mass is 28.5. The molecule has 0 bridgehead atoms. The highest BCUT2D eigenvalue weighted by molar-refractivity contribution is 6.87. The molecule has 0 aromatic rings. The lowest BCUT2D eigenvalue weighted by Gasteiger charge is -2.42. The average Bonchev–Trinajstić information content (AvgIpc) is 2.68. The van der Waals surface area contributed by atoms with Crippen molar-refractivity contribution in [3.8, 4) is 0 Å². The number of carbonyl (C=O) groups excluding carboxylic acids is 1. The summed E-state index contributed by atoms with van der Waals surface area (Å²) in [5.74, 6) is -0.388. The molecule has 27 heavy (non-hydrogen) atoms. The summed E-state index contributed by atoms with van der Waals surface area (Å²) in [6.45, 7) is 18.4. The van der Waals surface area contributed by atoms with E-state index in [1.54, 1.807) is 6.92 Å². The van der Waals surface area contributed by atoms with Crippen LogP contribution in [0, 0.1) is 0 Å². The van der Waals surface area contributed by atoms with Crippen LogP contribution in [0.25, 0.3) is 0 Å². The first kappa shape index (κ1) is 26.7. The molecule has 8 heteroatoms. The topological polar surface area (TPSA) is 65.0 Å². The summed E-state index contributed by atoms with van der Waals surface area (Å²) in [5.41, 5.74) is 0.388. The van der Waals surface area contributed by atoms with E-state index in [0.29, 0.717) is 18.0 Å². The Morgan fingerprint density at radius 2 is 1.22 bits per heavy atom. The Balaban J connectivity index is 5.35. The highest BCUT2D eigenvalue weighted by Crippen LogP contribution is 2.33. The molecule has 0 saturated heterocycles. The zero-order valence-corrected chi connectivity index (χ0v) is 21.7. The third-order valence-electron chi connectivity index (χ3n) is 5.84. The van der Waals surface area contributed by atoms with Crippen molar-refractivity contribution >= 4 is 31.4 Å². The van der Waals surface area contributed by atoms with Crippen LogP contribution < -0.4 is 0 Å². The van der Waals surface area contributed by atoms with Crippen molar-refractivity contribution in [2.24, 2.45) is 0 Å². The van der Waals surface area contributed by atoms with E-state index in [2.05, 4.69) is 48.1 Å². The van der Waals surface area contributed by atoms with Crippen LogP contribution in [0.2, 0.25) is 42.3 Å². The van der Waals surface area contributed by atoms with Gasteiger partial charge in [0.05, 0.1) is 6.61 Å². The van der Waals surface area contributed by atoms with Gasteiger partial charge in [-0.3, -0.25) is 0 Å². The zero-order chi connectivity index (χ0) is 21.1. The molecule has 0 aliphatic rings. The van der Waals surface area contributed by atoms with Gasteiger partial charge in [0.1, 0.15) is 0 Å². The van der Waals surface area contributed by atoms with Gasteiger partial charge < -0.3 is 17.8 Å². The fraction of sp³-hybridized carbons (Fsp3) is 0.842. The Morgan fingerprint density at radius 1 is 0.852 bits per heavy atom. The van der Waals surface area contributed by atoms with Crippen molar-refractivity contribution in [1.82, 2.24) is 0 Å². The molecule has 0 aromatic heterocycles. The van der Waals surface area contributed by atoms with Gasteiger partial charge in [-0.25, -0.2) is 4.79 Å². The molecule has 0 aliphatic heterocycles. The fourth-order valence-corrected chi connectivity index (χ4v) is 17.1. The lowest BCUT2D eigenvalue weighted by atomic mass is 10.4. The average molecular weight is 435 g/mol. The van der Waals surface area contributed by atoms with Crippen molar-refractivity contribution in [1.29, 1.82) is 0 Å². The molecule has 0 atom stereocenters. The predicted molar refractivity (Wildman–Crippen MR) is 120 cm³/mol. The Bertz CT molecular complexity index is 424. The first-order valence-corrected chi connectivity index (χ1v) is 17.6. The standard InChI is InChI=1S/C19H42O5Si3/c1-9-25(10-2,11-3)23-27(21,24-26(12-4,13-5)14-6)17-15-16-22-19(20)18(7)8/h21H,7,9-17H2,1-6,8H3. The molecule has 160 valence electrons. The van der Waals surface area contributed by atoms with Crippen molar-refractivity contribution in [3.05, 3.63) is 12.2 Å². The van der Waals surface area contributed by atoms with Crippen LogP contribution in [0.4, 0.5) is 0 Å². The first-order chi connectivity index (χ1) is 12.6. The van der Waals surface area contributed by atoms with Gasteiger partial charge in [-0.2, -0.15) is 0 Å². The van der Waals surface area contributed by atoms with E-state index >= 15 is 0 Å². The monoisotopic (exact) mass is 434 g/mol. The van der Waals surface area contributed by atoms with E-state index < -0.39 is 25.4 Å².